The van der Waals surface area contributed by atoms with Gasteiger partial charge in [-0.1, -0.05) is 0 Å². The van der Waals surface area contributed by atoms with Gasteiger partial charge in [0, 0.05) is 12.2 Å². The molecule has 1 aliphatic rings. The van der Waals surface area contributed by atoms with Crippen molar-refractivity contribution in [1.82, 2.24) is 4.98 Å². The van der Waals surface area contributed by atoms with Gasteiger partial charge in [-0.05, 0) is 19.4 Å². The van der Waals surface area contributed by atoms with Gasteiger partial charge in [-0.15, -0.1) is 0 Å². The van der Waals surface area contributed by atoms with Crippen LogP contribution in [0.2, 0.25) is 0 Å². The van der Waals surface area contributed by atoms with E-state index in [1.165, 1.54) is 12.3 Å². The standard InChI is InChI=1S/C12H17N3O4S/c1-2-19-12(16)9-3-5-14-11(10(9)13)15-8-4-6-20(17,18)7-8/h3,5,8H,2,4,6-7,13H2,1H3,(H,14,15). The van der Waals surface area contributed by atoms with E-state index in [1.54, 1.807) is 6.92 Å². The Morgan fingerprint density at radius 1 is 1.60 bits per heavy atom. The maximum atomic E-state index is 11.7. The first-order chi connectivity index (χ1) is 9.43. The third-order valence-corrected chi connectivity index (χ3v) is 4.83. The second-order valence-electron chi connectivity index (χ2n) is 4.59. The van der Waals surface area contributed by atoms with Crippen molar-refractivity contribution in [2.75, 3.05) is 29.2 Å². The van der Waals surface area contributed by atoms with Crippen LogP contribution in [0.25, 0.3) is 0 Å². The Balaban J connectivity index is 2.17. The van der Waals surface area contributed by atoms with Gasteiger partial charge in [0.15, 0.2) is 9.84 Å². The number of aromatic nitrogens is 1. The normalized spacial score (nSPS) is 20.6. The lowest BCUT2D eigenvalue weighted by atomic mass is 10.2. The van der Waals surface area contributed by atoms with Crippen LogP contribution in [0, 0.1) is 0 Å². The Labute approximate surface area is 117 Å². The molecule has 1 atom stereocenters. The van der Waals surface area contributed by atoms with Crippen LogP contribution in [0.1, 0.15) is 23.7 Å². The zero-order valence-electron chi connectivity index (χ0n) is 11.1. The molecule has 7 nitrogen and oxygen atoms in total. The summed E-state index contributed by atoms with van der Waals surface area (Å²) >= 11 is 0. The number of nitrogens with one attached hydrogen (secondary N) is 1. The second kappa shape index (κ2) is 5.66. The van der Waals surface area contributed by atoms with E-state index in [0.29, 0.717) is 12.2 Å². The minimum absolute atomic E-state index is 0.0533. The Hall–Kier alpha value is -1.83. The van der Waals surface area contributed by atoms with Crippen molar-refractivity contribution in [2.24, 2.45) is 0 Å². The first-order valence-corrected chi connectivity index (χ1v) is 8.13. The molecule has 1 aromatic heterocycles. The summed E-state index contributed by atoms with van der Waals surface area (Å²) in [6, 6.07) is 1.25. The van der Waals surface area contributed by atoms with Crippen molar-refractivity contribution in [1.29, 1.82) is 0 Å². The SMILES string of the molecule is CCOC(=O)c1ccnc(NC2CCS(=O)(=O)C2)c1N. The summed E-state index contributed by atoms with van der Waals surface area (Å²) in [5.41, 5.74) is 6.29. The molecule has 0 radical (unpaired) electrons. The van der Waals surface area contributed by atoms with E-state index in [4.69, 9.17) is 10.5 Å². The zero-order valence-corrected chi connectivity index (χ0v) is 11.9. The summed E-state index contributed by atoms with van der Waals surface area (Å²) in [4.78, 5) is 15.8. The van der Waals surface area contributed by atoms with Crippen LogP contribution in [0.5, 0.6) is 0 Å². The summed E-state index contributed by atoms with van der Waals surface area (Å²) in [5, 5.41) is 2.98. The Kier molecular flexibility index (Phi) is 4.12. The van der Waals surface area contributed by atoms with Crippen molar-refractivity contribution in [3.63, 3.8) is 0 Å². The minimum atomic E-state index is -2.99. The van der Waals surface area contributed by atoms with Gasteiger partial charge in [0.05, 0.1) is 29.4 Å². The first-order valence-electron chi connectivity index (χ1n) is 6.31. The van der Waals surface area contributed by atoms with Crippen molar-refractivity contribution >= 4 is 27.3 Å². The molecular formula is C12H17N3O4S. The number of carbonyl (C=O) groups excluding carboxylic acids is 1. The summed E-state index contributed by atoms with van der Waals surface area (Å²) in [6.45, 7) is 1.96. The van der Waals surface area contributed by atoms with E-state index in [-0.39, 0.29) is 35.4 Å². The molecule has 2 heterocycles. The molecule has 1 aromatic rings. The van der Waals surface area contributed by atoms with Crippen LogP contribution in [0.3, 0.4) is 0 Å². The van der Waals surface area contributed by atoms with E-state index in [0.717, 1.165) is 0 Å². The minimum Gasteiger partial charge on any atom is -0.462 e. The van der Waals surface area contributed by atoms with Crippen LogP contribution in [0.4, 0.5) is 11.5 Å². The number of rotatable bonds is 4. The smallest absolute Gasteiger partial charge is 0.340 e. The summed E-state index contributed by atoms with van der Waals surface area (Å²) < 4.78 is 27.7. The van der Waals surface area contributed by atoms with Crippen LogP contribution < -0.4 is 11.1 Å². The molecule has 0 bridgehead atoms. The average Bonchev–Trinajstić information content (AvgIpc) is 2.71. The molecular weight excluding hydrogens is 282 g/mol. The molecule has 0 amide bonds. The molecule has 0 aliphatic carbocycles. The highest BCUT2D eigenvalue weighted by molar-refractivity contribution is 7.91. The summed E-state index contributed by atoms with van der Waals surface area (Å²) in [5.74, 6) is 0.00651. The predicted octanol–water partition coefficient (Wildman–Crippen LogP) is 0.440. The highest BCUT2D eigenvalue weighted by atomic mass is 32.2. The molecule has 1 fully saturated rings. The predicted molar refractivity (Wildman–Crippen MR) is 75.3 cm³/mol. The highest BCUT2D eigenvalue weighted by Crippen LogP contribution is 2.24. The lowest BCUT2D eigenvalue weighted by molar-refractivity contribution is 0.0527. The Morgan fingerprint density at radius 2 is 2.35 bits per heavy atom. The molecule has 8 heteroatoms. The number of nitrogen functional groups attached to an aromatic ring is 1. The van der Waals surface area contributed by atoms with Gasteiger partial charge in [0.25, 0.3) is 0 Å². The van der Waals surface area contributed by atoms with Gasteiger partial charge in [-0.2, -0.15) is 0 Å². The van der Waals surface area contributed by atoms with E-state index in [9.17, 15) is 13.2 Å². The van der Waals surface area contributed by atoms with Gasteiger partial charge in [-0.3, -0.25) is 0 Å². The molecule has 1 aliphatic heterocycles. The number of anilines is 2. The molecule has 0 saturated carbocycles. The maximum Gasteiger partial charge on any atom is 0.340 e. The maximum absolute atomic E-state index is 11.7. The van der Waals surface area contributed by atoms with Crippen LogP contribution >= 0.6 is 0 Å². The van der Waals surface area contributed by atoms with E-state index < -0.39 is 15.8 Å². The second-order valence-corrected chi connectivity index (χ2v) is 6.81. The van der Waals surface area contributed by atoms with E-state index in [1.807, 2.05) is 0 Å². The fourth-order valence-electron chi connectivity index (χ4n) is 2.08. The van der Waals surface area contributed by atoms with Gasteiger partial charge >= 0.3 is 5.97 Å². The molecule has 3 N–H and O–H groups in total. The number of hydrogen-bond donors (Lipinski definition) is 2. The lowest BCUT2D eigenvalue weighted by Gasteiger charge is -2.15. The number of nitrogens with two attached hydrogens (primary N) is 1. The Bertz CT molecular complexity index is 615. The first kappa shape index (κ1) is 14.6. The van der Waals surface area contributed by atoms with Crippen LogP contribution in [0.15, 0.2) is 12.3 Å². The van der Waals surface area contributed by atoms with Gasteiger partial charge in [-0.25, -0.2) is 18.2 Å². The molecule has 0 aromatic carbocycles. The molecule has 1 unspecified atom stereocenters. The number of ether oxygens (including phenoxy) is 1. The van der Waals surface area contributed by atoms with E-state index >= 15 is 0 Å². The van der Waals surface area contributed by atoms with Gasteiger partial charge in [0.1, 0.15) is 5.82 Å². The number of carbonyl (C=O) groups is 1. The number of nitrogens with zero attached hydrogens (tertiary/aromatic N) is 1. The van der Waals surface area contributed by atoms with Crippen molar-refractivity contribution in [3.05, 3.63) is 17.8 Å². The topological polar surface area (TPSA) is 111 Å². The molecule has 2 rings (SSSR count). The average molecular weight is 299 g/mol. The fourth-order valence-corrected chi connectivity index (χ4v) is 3.75. The third kappa shape index (κ3) is 3.19. The van der Waals surface area contributed by atoms with Gasteiger partial charge < -0.3 is 15.8 Å². The zero-order chi connectivity index (χ0) is 14.8. The quantitative estimate of drug-likeness (QED) is 0.776. The fraction of sp³-hybridized carbons (Fsp3) is 0.500. The van der Waals surface area contributed by atoms with Crippen molar-refractivity contribution in [2.45, 2.75) is 19.4 Å². The highest BCUT2D eigenvalue weighted by Gasteiger charge is 2.28. The van der Waals surface area contributed by atoms with Crippen LogP contribution in [-0.2, 0) is 14.6 Å². The number of esters is 1. The van der Waals surface area contributed by atoms with Crippen molar-refractivity contribution < 1.29 is 17.9 Å². The van der Waals surface area contributed by atoms with E-state index in [2.05, 4.69) is 10.3 Å². The third-order valence-electron chi connectivity index (χ3n) is 3.06. The van der Waals surface area contributed by atoms with Gasteiger partial charge in [0.2, 0.25) is 0 Å². The van der Waals surface area contributed by atoms with Crippen molar-refractivity contribution in [3.8, 4) is 0 Å². The Morgan fingerprint density at radius 3 is 2.95 bits per heavy atom. The number of sulfone groups is 1. The molecule has 20 heavy (non-hydrogen) atoms. The number of hydrogen-bond acceptors (Lipinski definition) is 7. The number of pyridine rings is 1. The molecule has 0 spiro atoms. The van der Waals surface area contributed by atoms with Crippen LogP contribution in [-0.4, -0.2) is 43.5 Å². The monoisotopic (exact) mass is 299 g/mol. The molecule has 110 valence electrons. The summed E-state index contributed by atoms with van der Waals surface area (Å²) in [6.07, 6.45) is 1.95. The lowest BCUT2D eigenvalue weighted by Crippen LogP contribution is -2.22. The molecule has 1 saturated heterocycles. The summed E-state index contributed by atoms with van der Waals surface area (Å²) in [7, 11) is -2.99. The largest absolute Gasteiger partial charge is 0.462 e.